The summed E-state index contributed by atoms with van der Waals surface area (Å²) in [4.78, 5) is 19.0. The van der Waals surface area contributed by atoms with Crippen molar-refractivity contribution in [2.24, 2.45) is 0 Å². The Balaban J connectivity index is 1.42. The molecule has 2 heterocycles. The van der Waals surface area contributed by atoms with Gasteiger partial charge in [-0.25, -0.2) is 0 Å². The fourth-order valence-corrected chi connectivity index (χ4v) is 3.86. The van der Waals surface area contributed by atoms with Crippen LogP contribution in [-0.2, 0) is 11.3 Å². The van der Waals surface area contributed by atoms with E-state index in [0.717, 1.165) is 16.9 Å². The molecule has 1 unspecified atom stereocenters. The van der Waals surface area contributed by atoms with Gasteiger partial charge in [0.15, 0.2) is 11.5 Å². The second-order valence-electron chi connectivity index (χ2n) is 8.24. The Morgan fingerprint density at radius 1 is 1.15 bits per heavy atom. The summed E-state index contributed by atoms with van der Waals surface area (Å²) in [5, 5.41) is 4.12. The van der Waals surface area contributed by atoms with Crippen molar-refractivity contribution < 1.29 is 23.5 Å². The van der Waals surface area contributed by atoms with E-state index in [4.69, 9.17) is 18.7 Å². The molecule has 0 aliphatic carbocycles. The lowest BCUT2D eigenvalue weighted by atomic mass is 10.1. The number of amides is 1. The number of ether oxygens (including phenoxy) is 3. The summed E-state index contributed by atoms with van der Waals surface area (Å²) < 4.78 is 22.2. The maximum atomic E-state index is 12.6. The zero-order chi connectivity index (χ0) is 23.4. The van der Waals surface area contributed by atoms with Gasteiger partial charge in [-0.2, -0.15) is 4.98 Å². The number of benzene rings is 2. The molecule has 0 N–H and O–H groups in total. The minimum absolute atomic E-state index is 0.0741. The summed E-state index contributed by atoms with van der Waals surface area (Å²) in [5.74, 6) is 2.95. The predicted octanol–water partition coefficient (Wildman–Crippen LogP) is 4.45. The quantitative estimate of drug-likeness (QED) is 0.475. The highest BCUT2D eigenvalue weighted by atomic mass is 16.5. The number of carbonyl (C=O) groups is 1. The molecule has 1 fully saturated rings. The van der Waals surface area contributed by atoms with Gasteiger partial charge in [0.05, 0.1) is 25.7 Å². The first-order valence-electron chi connectivity index (χ1n) is 11.1. The van der Waals surface area contributed by atoms with Gasteiger partial charge < -0.3 is 23.6 Å². The van der Waals surface area contributed by atoms with Crippen molar-refractivity contribution in [3.05, 3.63) is 53.9 Å². The normalized spacial score (nSPS) is 15.8. The largest absolute Gasteiger partial charge is 0.493 e. The monoisotopic (exact) mass is 451 g/mol. The fraction of sp³-hybridized carbons (Fsp3) is 0.400. The summed E-state index contributed by atoms with van der Waals surface area (Å²) in [5.41, 5.74) is 1.81. The van der Waals surface area contributed by atoms with E-state index < -0.39 is 0 Å². The van der Waals surface area contributed by atoms with Gasteiger partial charge in [0.25, 0.3) is 0 Å². The smallest absolute Gasteiger partial charge is 0.232 e. The van der Waals surface area contributed by atoms with Gasteiger partial charge in [-0.15, -0.1) is 0 Å². The lowest BCUT2D eigenvalue weighted by Crippen LogP contribution is -2.24. The minimum atomic E-state index is -0.133. The van der Waals surface area contributed by atoms with E-state index in [2.05, 4.69) is 10.1 Å². The van der Waals surface area contributed by atoms with Gasteiger partial charge in [0.1, 0.15) is 5.75 Å². The van der Waals surface area contributed by atoms with Crippen molar-refractivity contribution in [1.29, 1.82) is 0 Å². The molecule has 8 nitrogen and oxygen atoms in total. The van der Waals surface area contributed by atoms with E-state index in [-0.39, 0.29) is 17.9 Å². The Kier molecular flexibility index (Phi) is 6.82. The molecule has 33 heavy (non-hydrogen) atoms. The molecule has 1 aliphatic rings. The van der Waals surface area contributed by atoms with Crippen molar-refractivity contribution >= 4 is 5.91 Å². The highest BCUT2D eigenvalue weighted by Crippen LogP contribution is 2.33. The van der Waals surface area contributed by atoms with Crippen LogP contribution in [0, 0.1) is 0 Å². The average molecular weight is 452 g/mol. The number of hydrogen-bond donors (Lipinski definition) is 0. The summed E-state index contributed by atoms with van der Waals surface area (Å²) in [6.07, 6.45) is 0.475. The van der Waals surface area contributed by atoms with Crippen LogP contribution in [0.25, 0.3) is 11.4 Å². The van der Waals surface area contributed by atoms with Crippen LogP contribution in [0.5, 0.6) is 17.2 Å². The molecule has 1 atom stereocenters. The van der Waals surface area contributed by atoms with E-state index >= 15 is 0 Å². The molecule has 1 amide bonds. The maximum absolute atomic E-state index is 12.6. The van der Waals surface area contributed by atoms with Crippen molar-refractivity contribution in [3.63, 3.8) is 0 Å². The molecule has 2 aromatic carbocycles. The summed E-state index contributed by atoms with van der Waals surface area (Å²) >= 11 is 0. The SMILES string of the molecule is CCOc1ccc(-c2noc(C3CC(=O)N(Cc4ccc(OC(C)C)cc4)C3)n2)cc1OC. The first-order chi connectivity index (χ1) is 16.0. The van der Waals surface area contributed by atoms with Crippen LogP contribution in [0.4, 0.5) is 0 Å². The van der Waals surface area contributed by atoms with Gasteiger partial charge in [0, 0.05) is 25.1 Å². The van der Waals surface area contributed by atoms with E-state index in [9.17, 15) is 4.79 Å². The van der Waals surface area contributed by atoms with Crippen molar-refractivity contribution in [2.75, 3.05) is 20.3 Å². The lowest BCUT2D eigenvalue weighted by Gasteiger charge is -2.16. The van der Waals surface area contributed by atoms with Crippen LogP contribution in [0.3, 0.4) is 0 Å². The lowest BCUT2D eigenvalue weighted by molar-refractivity contribution is -0.128. The van der Waals surface area contributed by atoms with Crippen molar-refractivity contribution in [1.82, 2.24) is 15.0 Å². The number of aromatic nitrogens is 2. The standard InChI is InChI=1S/C25H29N3O5/c1-5-31-21-11-8-18(12-22(21)30-4)24-26-25(33-27-24)19-13-23(29)28(15-19)14-17-6-9-20(10-7-17)32-16(2)3/h6-12,16,19H,5,13-15H2,1-4H3. The van der Waals surface area contributed by atoms with Crippen LogP contribution in [0.15, 0.2) is 47.0 Å². The highest BCUT2D eigenvalue weighted by Gasteiger charge is 2.34. The first kappa shape index (κ1) is 22.6. The molecule has 174 valence electrons. The second-order valence-corrected chi connectivity index (χ2v) is 8.24. The molecule has 0 saturated carbocycles. The van der Waals surface area contributed by atoms with Gasteiger partial charge >= 0.3 is 0 Å². The Bertz CT molecular complexity index is 1090. The van der Waals surface area contributed by atoms with Crippen molar-refractivity contribution in [2.45, 2.75) is 45.8 Å². The third-order valence-electron chi connectivity index (χ3n) is 5.40. The van der Waals surface area contributed by atoms with Crippen LogP contribution in [0.2, 0.25) is 0 Å². The molecule has 3 aromatic rings. The molecular weight excluding hydrogens is 422 g/mol. The van der Waals surface area contributed by atoms with E-state index in [1.807, 2.05) is 68.1 Å². The predicted molar refractivity (Wildman–Crippen MR) is 122 cm³/mol. The number of nitrogens with zero attached hydrogens (tertiary/aromatic N) is 3. The Labute approximate surface area is 193 Å². The van der Waals surface area contributed by atoms with Gasteiger partial charge in [-0.05, 0) is 56.7 Å². The van der Waals surface area contributed by atoms with Crippen LogP contribution >= 0.6 is 0 Å². The molecule has 4 rings (SSSR count). The molecule has 0 spiro atoms. The fourth-order valence-electron chi connectivity index (χ4n) is 3.86. The molecule has 8 heteroatoms. The summed E-state index contributed by atoms with van der Waals surface area (Å²) in [7, 11) is 1.59. The van der Waals surface area contributed by atoms with Gasteiger partial charge in [0.2, 0.25) is 17.6 Å². The molecule has 1 saturated heterocycles. The van der Waals surface area contributed by atoms with Gasteiger partial charge in [-0.1, -0.05) is 17.3 Å². The highest BCUT2D eigenvalue weighted by molar-refractivity contribution is 5.79. The molecule has 1 aromatic heterocycles. The first-order valence-corrected chi connectivity index (χ1v) is 11.1. The Morgan fingerprint density at radius 2 is 1.94 bits per heavy atom. The summed E-state index contributed by atoms with van der Waals surface area (Å²) in [6.45, 7) is 7.52. The molecule has 1 aliphatic heterocycles. The Hall–Kier alpha value is -3.55. The Morgan fingerprint density at radius 3 is 2.64 bits per heavy atom. The maximum Gasteiger partial charge on any atom is 0.232 e. The van der Waals surface area contributed by atoms with Crippen LogP contribution < -0.4 is 14.2 Å². The molecule has 0 bridgehead atoms. The second kappa shape index (κ2) is 9.94. The van der Waals surface area contributed by atoms with Crippen LogP contribution in [-0.4, -0.2) is 47.3 Å². The topological polar surface area (TPSA) is 86.9 Å². The average Bonchev–Trinajstić information content (AvgIpc) is 3.42. The number of carbonyl (C=O) groups excluding carboxylic acids is 1. The van der Waals surface area contributed by atoms with Gasteiger partial charge in [-0.3, -0.25) is 4.79 Å². The van der Waals surface area contributed by atoms with E-state index in [0.29, 0.717) is 49.3 Å². The zero-order valence-electron chi connectivity index (χ0n) is 19.4. The molecule has 0 radical (unpaired) electrons. The number of rotatable bonds is 9. The van der Waals surface area contributed by atoms with Crippen LogP contribution in [0.1, 0.15) is 44.6 Å². The number of likely N-dealkylation sites (tertiary alicyclic amines) is 1. The zero-order valence-corrected chi connectivity index (χ0v) is 19.4. The molecular formula is C25H29N3O5. The van der Waals surface area contributed by atoms with E-state index in [1.54, 1.807) is 7.11 Å². The number of hydrogen-bond acceptors (Lipinski definition) is 7. The minimum Gasteiger partial charge on any atom is -0.493 e. The third-order valence-corrected chi connectivity index (χ3v) is 5.40. The third kappa shape index (κ3) is 5.27. The number of methoxy groups -OCH3 is 1. The summed E-state index contributed by atoms with van der Waals surface area (Å²) in [6, 6.07) is 13.3. The van der Waals surface area contributed by atoms with E-state index in [1.165, 1.54) is 0 Å². The van der Waals surface area contributed by atoms with Crippen molar-refractivity contribution in [3.8, 4) is 28.6 Å².